The zero-order chi connectivity index (χ0) is 16.9. The van der Waals surface area contributed by atoms with Crippen molar-refractivity contribution in [1.82, 2.24) is 14.9 Å². The van der Waals surface area contributed by atoms with Crippen molar-refractivity contribution in [1.29, 1.82) is 0 Å². The van der Waals surface area contributed by atoms with Crippen LogP contribution < -0.4 is 10.2 Å². The number of aromatic nitrogens is 3. The fourth-order valence-electron chi connectivity index (χ4n) is 2.14. The standard InChI is InChI=1S/C16H14Cl2N4OS/c17-13-5-3-6-14(18)12(13)9-23-15-7-2-1-4-11(15)8-20-22-10-19-21-16(22)24/h1-7,10,20H,8-9H2,(H,21,24). The lowest BCUT2D eigenvalue weighted by Gasteiger charge is -2.14. The lowest BCUT2D eigenvalue weighted by atomic mass is 10.2. The first kappa shape index (κ1) is 16.8. The smallest absolute Gasteiger partial charge is 0.214 e. The van der Waals surface area contributed by atoms with Crippen LogP contribution in [0.1, 0.15) is 11.1 Å². The van der Waals surface area contributed by atoms with E-state index in [1.807, 2.05) is 24.3 Å². The van der Waals surface area contributed by atoms with Crippen LogP contribution >= 0.6 is 35.4 Å². The second kappa shape index (κ2) is 7.70. The Morgan fingerprint density at radius 2 is 1.88 bits per heavy atom. The molecule has 0 atom stereocenters. The van der Waals surface area contributed by atoms with Crippen LogP contribution in [0.4, 0.5) is 0 Å². The molecule has 5 nitrogen and oxygen atoms in total. The number of benzene rings is 2. The Morgan fingerprint density at radius 3 is 2.58 bits per heavy atom. The highest BCUT2D eigenvalue weighted by atomic mass is 35.5. The number of nitrogens with one attached hydrogen (secondary N) is 2. The van der Waals surface area contributed by atoms with E-state index in [0.29, 0.717) is 28.0 Å². The molecule has 2 N–H and O–H groups in total. The van der Waals surface area contributed by atoms with Gasteiger partial charge in [-0.2, -0.15) is 5.10 Å². The van der Waals surface area contributed by atoms with Crippen LogP contribution in [0.15, 0.2) is 48.8 Å². The topological polar surface area (TPSA) is 54.9 Å². The fourth-order valence-corrected chi connectivity index (χ4v) is 2.81. The normalized spacial score (nSPS) is 10.6. The van der Waals surface area contributed by atoms with Crippen LogP contribution in [0.2, 0.25) is 10.0 Å². The number of para-hydroxylation sites is 1. The number of aromatic amines is 1. The third kappa shape index (κ3) is 3.90. The Bertz CT molecular complexity index is 873. The summed E-state index contributed by atoms with van der Waals surface area (Å²) in [5, 5.41) is 7.72. The Morgan fingerprint density at radius 1 is 1.12 bits per heavy atom. The number of hydrogen-bond acceptors (Lipinski definition) is 4. The summed E-state index contributed by atoms with van der Waals surface area (Å²) in [6.07, 6.45) is 1.58. The highest BCUT2D eigenvalue weighted by Gasteiger charge is 2.08. The zero-order valence-corrected chi connectivity index (χ0v) is 14.8. The quantitative estimate of drug-likeness (QED) is 0.615. The predicted molar refractivity (Wildman–Crippen MR) is 97.7 cm³/mol. The molecule has 1 heterocycles. The van der Waals surface area contributed by atoms with Crippen molar-refractivity contribution in [3.05, 3.63) is 74.7 Å². The van der Waals surface area contributed by atoms with E-state index in [-0.39, 0.29) is 0 Å². The van der Waals surface area contributed by atoms with E-state index in [9.17, 15) is 0 Å². The second-order valence-electron chi connectivity index (χ2n) is 4.96. The van der Waals surface area contributed by atoms with Gasteiger partial charge in [0.25, 0.3) is 0 Å². The summed E-state index contributed by atoms with van der Waals surface area (Å²) in [5.41, 5.74) is 4.90. The lowest BCUT2D eigenvalue weighted by Crippen LogP contribution is -2.14. The van der Waals surface area contributed by atoms with Crippen molar-refractivity contribution in [2.45, 2.75) is 13.2 Å². The van der Waals surface area contributed by atoms with Crippen molar-refractivity contribution < 1.29 is 4.74 Å². The van der Waals surface area contributed by atoms with Gasteiger partial charge in [-0.1, -0.05) is 47.5 Å². The van der Waals surface area contributed by atoms with Gasteiger partial charge in [0.05, 0.1) is 6.54 Å². The molecular weight excluding hydrogens is 367 g/mol. The molecule has 0 saturated heterocycles. The summed E-state index contributed by atoms with van der Waals surface area (Å²) in [5.74, 6) is 0.746. The van der Waals surface area contributed by atoms with Gasteiger partial charge < -0.3 is 10.2 Å². The summed E-state index contributed by atoms with van der Waals surface area (Å²) < 4.78 is 8.05. The zero-order valence-electron chi connectivity index (χ0n) is 12.5. The van der Waals surface area contributed by atoms with Crippen molar-refractivity contribution in [3.63, 3.8) is 0 Å². The molecule has 0 fully saturated rings. The SMILES string of the molecule is S=c1[nH]ncn1NCc1ccccc1OCc1c(Cl)cccc1Cl. The third-order valence-corrected chi connectivity index (χ3v) is 4.39. The first-order valence-corrected chi connectivity index (χ1v) is 8.31. The predicted octanol–water partition coefficient (Wildman–Crippen LogP) is 4.57. The third-order valence-electron chi connectivity index (χ3n) is 3.40. The van der Waals surface area contributed by atoms with Crippen LogP contribution in [0.5, 0.6) is 5.75 Å². The van der Waals surface area contributed by atoms with Gasteiger partial charge in [0.2, 0.25) is 4.77 Å². The van der Waals surface area contributed by atoms with Gasteiger partial charge in [-0.15, -0.1) is 0 Å². The lowest BCUT2D eigenvalue weighted by molar-refractivity contribution is 0.303. The van der Waals surface area contributed by atoms with Crippen LogP contribution in [-0.4, -0.2) is 14.9 Å². The molecule has 0 radical (unpaired) electrons. The van der Waals surface area contributed by atoms with Crippen molar-refractivity contribution in [2.75, 3.05) is 5.43 Å². The van der Waals surface area contributed by atoms with Crippen LogP contribution in [-0.2, 0) is 13.2 Å². The Labute approximate surface area is 154 Å². The molecule has 124 valence electrons. The van der Waals surface area contributed by atoms with Gasteiger partial charge in [-0.3, -0.25) is 5.10 Å². The van der Waals surface area contributed by atoms with E-state index < -0.39 is 0 Å². The minimum Gasteiger partial charge on any atom is -0.488 e. The molecule has 0 amide bonds. The summed E-state index contributed by atoms with van der Waals surface area (Å²) in [4.78, 5) is 0. The summed E-state index contributed by atoms with van der Waals surface area (Å²) >= 11 is 17.5. The maximum atomic E-state index is 6.18. The first-order valence-electron chi connectivity index (χ1n) is 7.14. The van der Waals surface area contributed by atoms with E-state index in [0.717, 1.165) is 16.9 Å². The van der Waals surface area contributed by atoms with Crippen LogP contribution in [0, 0.1) is 4.77 Å². The molecule has 0 saturated carbocycles. The van der Waals surface area contributed by atoms with E-state index in [4.69, 9.17) is 40.2 Å². The number of nitrogens with zero attached hydrogens (tertiary/aromatic N) is 2. The van der Waals surface area contributed by atoms with Gasteiger partial charge in [0.15, 0.2) is 0 Å². The molecule has 0 unspecified atom stereocenters. The maximum absolute atomic E-state index is 6.18. The maximum Gasteiger partial charge on any atom is 0.214 e. The van der Waals surface area contributed by atoms with E-state index >= 15 is 0 Å². The number of hydrogen-bond donors (Lipinski definition) is 2. The molecule has 0 aliphatic rings. The molecule has 0 aliphatic heterocycles. The van der Waals surface area contributed by atoms with Gasteiger partial charge >= 0.3 is 0 Å². The first-order chi connectivity index (χ1) is 11.6. The van der Waals surface area contributed by atoms with Gasteiger partial charge in [0.1, 0.15) is 18.7 Å². The van der Waals surface area contributed by atoms with Crippen LogP contribution in [0.3, 0.4) is 0 Å². The molecule has 0 spiro atoms. The molecule has 0 aliphatic carbocycles. The highest BCUT2D eigenvalue weighted by molar-refractivity contribution is 7.71. The second-order valence-corrected chi connectivity index (χ2v) is 6.16. The number of halogens is 2. The molecule has 24 heavy (non-hydrogen) atoms. The van der Waals surface area contributed by atoms with Crippen LogP contribution in [0.25, 0.3) is 0 Å². The van der Waals surface area contributed by atoms with Gasteiger partial charge in [-0.25, -0.2) is 4.68 Å². The van der Waals surface area contributed by atoms with Gasteiger partial charge in [-0.05, 0) is 30.4 Å². The summed E-state index contributed by atoms with van der Waals surface area (Å²) in [7, 11) is 0. The Balaban J connectivity index is 1.72. The fraction of sp³-hybridized carbons (Fsp3) is 0.125. The van der Waals surface area contributed by atoms with Crippen molar-refractivity contribution >= 4 is 35.4 Å². The molecule has 3 rings (SSSR count). The minimum atomic E-state index is 0.292. The largest absolute Gasteiger partial charge is 0.488 e. The molecule has 1 aromatic heterocycles. The Kier molecular flexibility index (Phi) is 5.40. The molecule has 2 aromatic carbocycles. The van der Waals surface area contributed by atoms with Crippen molar-refractivity contribution in [2.24, 2.45) is 0 Å². The highest BCUT2D eigenvalue weighted by Crippen LogP contribution is 2.27. The average molecular weight is 381 g/mol. The van der Waals surface area contributed by atoms with Gasteiger partial charge in [0, 0.05) is 21.2 Å². The molecular formula is C16H14Cl2N4OS. The number of rotatable bonds is 6. The minimum absolute atomic E-state index is 0.292. The monoisotopic (exact) mass is 380 g/mol. The van der Waals surface area contributed by atoms with E-state index in [1.54, 1.807) is 29.2 Å². The summed E-state index contributed by atoms with van der Waals surface area (Å²) in [6.45, 7) is 0.820. The van der Waals surface area contributed by atoms with Crippen molar-refractivity contribution in [3.8, 4) is 5.75 Å². The van der Waals surface area contributed by atoms with E-state index in [2.05, 4.69) is 15.6 Å². The average Bonchev–Trinajstić information content (AvgIpc) is 2.98. The molecule has 3 aromatic rings. The summed E-state index contributed by atoms with van der Waals surface area (Å²) in [6, 6.07) is 13.1. The Hall–Kier alpha value is -2.02. The number of H-pyrrole nitrogens is 1. The number of ether oxygens (including phenoxy) is 1. The molecule has 0 bridgehead atoms. The van der Waals surface area contributed by atoms with E-state index in [1.165, 1.54) is 0 Å². The molecule has 8 heteroatoms.